The lowest BCUT2D eigenvalue weighted by Gasteiger charge is -2.16. The molecule has 1 aliphatic heterocycles. The average molecular weight is 417 g/mol. The summed E-state index contributed by atoms with van der Waals surface area (Å²) in [4.78, 5) is 15.2. The van der Waals surface area contributed by atoms with Gasteiger partial charge >= 0.3 is 6.09 Å². The van der Waals surface area contributed by atoms with Gasteiger partial charge in [-0.2, -0.15) is 9.29 Å². The third kappa shape index (κ3) is 3.59. The monoisotopic (exact) mass is 417 g/mol. The van der Waals surface area contributed by atoms with Gasteiger partial charge in [-0.05, 0) is 36.4 Å². The summed E-state index contributed by atoms with van der Waals surface area (Å²) in [6.45, 7) is 1.32. The minimum atomic E-state index is -4.27. The molecule has 4 rings (SSSR count). The van der Waals surface area contributed by atoms with Crippen molar-refractivity contribution < 1.29 is 32.3 Å². The molecule has 1 N–H and O–H groups in total. The predicted molar refractivity (Wildman–Crippen MR) is 98.4 cm³/mol. The van der Waals surface area contributed by atoms with Crippen molar-refractivity contribution in [3.63, 3.8) is 0 Å². The van der Waals surface area contributed by atoms with Gasteiger partial charge in [0.2, 0.25) is 11.7 Å². The van der Waals surface area contributed by atoms with Crippen LogP contribution in [0.2, 0.25) is 0 Å². The molecule has 0 saturated carbocycles. The summed E-state index contributed by atoms with van der Waals surface area (Å²) in [5.74, 6) is 1.62. The molecule has 2 heterocycles. The molecule has 11 heteroatoms. The van der Waals surface area contributed by atoms with Gasteiger partial charge in [-0.15, -0.1) is 0 Å². The fourth-order valence-electron chi connectivity index (χ4n) is 2.77. The van der Waals surface area contributed by atoms with Crippen LogP contribution in [0.1, 0.15) is 5.89 Å². The minimum Gasteiger partial charge on any atom is -0.490 e. The third-order valence-electron chi connectivity index (χ3n) is 4.12. The Morgan fingerprint density at radius 2 is 1.90 bits per heavy atom. The number of sulfonamides is 1. The van der Waals surface area contributed by atoms with Crippen molar-refractivity contribution in [3.05, 3.63) is 48.4 Å². The van der Waals surface area contributed by atoms with Crippen LogP contribution in [-0.2, 0) is 10.0 Å². The second-order valence-corrected chi connectivity index (χ2v) is 7.91. The van der Waals surface area contributed by atoms with Crippen molar-refractivity contribution in [1.29, 1.82) is 0 Å². The first kappa shape index (κ1) is 18.7. The number of aryl methyl sites for hydroxylation is 1. The number of carboxylic acid groups (broad SMARTS) is 1. The van der Waals surface area contributed by atoms with Gasteiger partial charge in [0.15, 0.2) is 0 Å². The zero-order valence-electron chi connectivity index (χ0n) is 15.1. The summed E-state index contributed by atoms with van der Waals surface area (Å²) in [6, 6.07) is 11.0. The number of benzene rings is 2. The number of amides is 1. The molecular formula is C18H15N3O7S. The Labute approximate surface area is 165 Å². The van der Waals surface area contributed by atoms with Gasteiger partial charge in [0.25, 0.3) is 10.0 Å². The van der Waals surface area contributed by atoms with Crippen LogP contribution in [0.4, 0.5) is 4.79 Å². The van der Waals surface area contributed by atoms with Crippen molar-refractivity contribution in [2.75, 3.05) is 13.2 Å². The summed E-state index contributed by atoms with van der Waals surface area (Å²) in [5, 5.41) is 13.0. The van der Waals surface area contributed by atoms with Gasteiger partial charge in [0.1, 0.15) is 28.8 Å². The Morgan fingerprint density at radius 1 is 1.17 bits per heavy atom. The molecule has 0 bridgehead atoms. The molecule has 10 nitrogen and oxygen atoms in total. The van der Waals surface area contributed by atoms with Gasteiger partial charge in [-0.3, -0.25) is 0 Å². The zero-order valence-corrected chi connectivity index (χ0v) is 15.9. The fourth-order valence-corrected chi connectivity index (χ4v) is 4.18. The topological polar surface area (TPSA) is 132 Å². The van der Waals surface area contributed by atoms with Crippen LogP contribution in [0.15, 0.2) is 51.9 Å². The molecule has 1 aliphatic rings. The molecule has 0 atom stereocenters. The van der Waals surface area contributed by atoms with E-state index in [1.807, 2.05) is 0 Å². The van der Waals surface area contributed by atoms with Crippen LogP contribution in [0.25, 0.3) is 11.4 Å². The number of ether oxygens (including phenoxy) is 2. The van der Waals surface area contributed by atoms with Gasteiger partial charge < -0.3 is 19.1 Å². The highest BCUT2D eigenvalue weighted by atomic mass is 32.2. The molecule has 0 saturated heterocycles. The molecular weight excluding hydrogens is 402 g/mol. The molecule has 29 heavy (non-hydrogen) atoms. The fraction of sp³-hybridized carbons (Fsp3) is 0.167. The second-order valence-electron chi connectivity index (χ2n) is 6.08. The number of carbonyl (C=O) groups is 1. The minimum absolute atomic E-state index is 0.0731. The van der Waals surface area contributed by atoms with Crippen molar-refractivity contribution >= 4 is 16.1 Å². The Morgan fingerprint density at radius 3 is 2.55 bits per heavy atom. The lowest BCUT2D eigenvalue weighted by molar-refractivity contribution is 0.167. The van der Waals surface area contributed by atoms with E-state index in [0.717, 1.165) is 5.56 Å². The van der Waals surface area contributed by atoms with Crippen LogP contribution >= 0.6 is 0 Å². The number of hydrogen-bond acceptors (Lipinski definition) is 8. The number of hydrogen-bond donors (Lipinski definition) is 1. The zero-order chi connectivity index (χ0) is 20.6. The van der Waals surface area contributed by atoms with Crippen LogP contribution in [0.5, 0.6) is 17.2 Å². The van der Waals surface area contributed by atoms with Gasteiger partial charge in [0, 0.05) is 18.6 Å². The molecule has 3 aromatic rings. The lowest BCUT2D eigenvalue weighted by Crippen LogP contribution is -2.36. The Hall–Kier alpha value is -3.60. The molecule has 150 valence electrons. The summed E-state index contributed by atoms with van der Waals surface area (Å²) in [7, 11) is -4.27. The van der Waals surface area contributed by atoms with Gasteiger partial charge in [-0.25, -0.2) is 13.2 Å². The first-order valence-electron chi connectivity index (χ1n) is 8.46. The predicted octanol–water partition coefficient (Wildman–Crippen LogP) is 2.90. The maximum absolute atomic E-state index is 12.7. The maximum Gasteiger partial charge on any atom is 0.421 e. The van der Waals surface area contributed by atoms with Crippen LogP contribution in [0, 0.1) is 6.92 Å². The van der Waals surface area contributed by atoms with Crippen LogP contribution in [0.3, 0.4) is 0 Å². The van der Waals surface area contributed by atoms with Crippen molar-refractivity contribution in [2.45, 2.75) is 11.8 Å². The molecule has 0 aliphatic carbocycles. The molecule has 0 unspecified atom stereocenters. The number of rotatable bonds is 3. The summed E-state index contributed by atoms with van der Waals surface area (Å²) >= 11 is 0. The summed E-state index contributed by atoms with van der Waals surface area (Å²) < 4.78 is 41.7. The highest BCUT2D eigenvalue weighted by Gasteiger charge is 2.34. The van der Waals surface area contributed by atoms with E-state index < -0.39 is 16.1 Å². The highest BCUT2D eigenvalue weighted by molar-refractivity contribution is 7.89. The van der Waals surface area contributed by atoms with E-state index in [9.17, 15) is 18.3 Å². The van der Waals surface area contributed by atoms with Crippen molar-refractivity contribution in [3.8, 4) is 28.6 Å². The van der Waals surface area contributed by atoms with Gasteiger partial charge in [-0.1, -0.05) is 5.16 Å². The van der Waals surface area contributed by atoms with Crippen molar-refractivity contribution in [1.82, 2.24) is 14.4 Å². The Bertz CT molecular complexity index is 1170. The Kier molecular flexibility index (Phi) is 4.59. The molecule has 1 amide bonds. The van der Waals surface area contributed by atoms with E-state index in [0.29, 0.717) is 21.8 Å². The van der Waals surface area contributed by atoms with Crippen LogP contribution in [-0.4, -0.2) is 47.2 Å². The van der Waals surface area contributed by atoms with E-state index in [1.54, 1.807) is 37.3 Å². The van der Waals surface area contributed by atoms with E-state index in [1.165, 1.54) is 12.1 Å². The maximum atomic E-state index is 12.7. The van der Waals surface area contributed by atoms with Crippen LogP contribution < -0.4 is 9.47 Å². The summed E-state index contributed by atoms with van der Waals surface area (Å²) in [5.41, 5.74) is 0.726. The standard InChI is InChI=1S/C18H15N3O7S/c1-11-19-17(20-28-11)12-2-4-13(5-3-12)27-14-6-7-15-16(10-14)29(24,25)21(18(22)23)8-9-26-15/h2-7,10H,8-9H2,1H3,(H,22,23). The number of fused-ring (bicyclic) bond motifs is 1. The highest BCUT2D eigenvalue weighted by Crippen LogP contribution is 2.34. The largest absolute Gasteiger partial charge is 0.490 e. The average Bonchev–Trinajstić information content (AvgIpc) is 3.06. The molecule has 2 aromatic carbocycles. The first-order valence-corrected chi connectivity index (χ1v) is 9.90. The quantitative estimate of drug-likeness (QED) is 0.683. The third-order valence-corrected chi connectivity index (χ3v) is 5.92. The number of aromatic nitrogens is 2. The SMILES string of the molecule is Cc1nc(-c2ccc(Oc3ccc4c(c3)S(=O)(=O)N(C(=O)O)CCO4)cc2)no1. The first-order chi connectivity index (χ1) is 13.8. The molecule has 1 aromatic heterocycles. The van der Waals surface area contributed by atoms with Gasteiger partial charge in [0.05, 0.1) is 6.54 Å². The summed E-state index contributed by atoms with van der Waals surface area (Å²) in [6.07, 6.45) is -1.57. The molecule has 0 radical (unpaired) electrons. The second kappa shape index (κ2) is 7.09. The van der Waals surface area contributed by atoms with E-state index in [2.05, 4.69) is 10.1 Å². The van der Waals surface area contributed by atoms with E-state index in [4.69, 9.17) is 14.0 Å². The Balaban J connectivity index is 1.62. The normalized spacial score (nSPS) is 15.1. The molecule has 0 spiro atoms. The lowest BCUT2D eigenvalue weighted by atomic mass is 10.2. The van der Waals surface area contributed by atoms with E-state index in [-0.39, 0.29) is 29.5 Å². The smallest absolute Gasteiger partial charge is 0.421 e. The van der Waals surface area contributed by atoms with E-state index >= 15 is 0 Å². The van der Waals surface area contributed by atoms with Crippen molar-refractivity contribution in [2.24, 2.45) is 0 Å². The number of nitrogens with zero attached hydrogens (tertiary/aromatic N) is 3. The molecule has 0 fully saturated rings.